The van der Waals surface area contributed by atoms with Gasteiger partial charge in [-0.3, -0.25) is 4.79 Å². The Balaban J connectivity index is 2.35. The van der Waals surface area contributed by atoms with Crippen LogP contribution in [0, 0.1) is 24.3 Å². The highest BCUT2D eigenvalue weighted by Crippen LogP contribution is 2.26. The van der Waals surface area contributed by atoms with Crippen molar-refractivity contribution in [2.75, 3.05) is 12.4 Å². The van der Waals surface area contributed by atoms with E-state index in [2.05, 4.69) is 34.0 Å². The summed E-state index contributed by atoms with van der Waals surface area (Å²) in [7, 11) is 1.58. The molecule has 0 fully saturated rings. The zero-order valence-electron chi connectivity index (χ0n) is 12.6. The normalized spacial score (nSPS) is 10.3. The molecule has 2 aromatic carbocycles. The average Bonchev–Trinajstić information content (AvgIpc) is 2.44. The van der Waals surface area contributed by atoms with Crippen LogP contribution in [0.25, 0.3) is 0 Å². The van der Waals surface area contributed by atoms with Crippen molar-refractivity contribution in [2.45, 2.75) is 20.8 Å². The molecule has 21 heavy (non-hydrogen) atoms. The van der Waals surface area contributed by atoms with Gasteiger partial charge in [-0.25, -0.2) is 0 Å². The van der Waals surface area contributed by atoms with E-state index in [1.807, 2.05) is 39.0 Å². The molecule has 0 bridgehead atoms. The van der Waals surface area contributed by atoms with Crippen LogP contribution < -0.4 is 10.1 Å². The number of aryl methyl sites for hydroxylation is 3. The van der Waals surface area contributed by atoms with Crippen molar-refractivity contribution in [3.63, 3.8) is 0 Å². The standard InChI is InChI=1S/C17H18INO2/c1-10-6-5-7-13(16(10)21-4)17(20)19-15-9-11(2)14(18)8-12(15)3/h5-9H,1-4H3,(H,19,20). The van der Waals surface area contributed by atoms with Crippen LogP contribution in [0.4, 0.5) is 5.69 Å². The van der Waals surface area contributed by atoms with Gasteiger partial charge in [-0.05, 0) is 78.3 Å². The minimum absolute atomic E-state index is 0.153. The van der Waals surface area contributed by atoms with Gasteiger partial charge in [-0.2, -0.15) is 0 Å². The number of rotatable bonds is 3. The van der Waals surface area contributed by atoms with E-state index in [-0.39, 0.29) is 5.91 Å². The molecule has 1 N–H and O–H groups in total. The molecule has 2 rings (SSSR count). The first-order valence-electron chi connectivity index (χ1n) is 6.65. The van der Waals surface area contributed by atoms with Gasteiger partial charge < -0.3 is 10.1 Å². The monoisotopic (exact) mass is 395 g/mol. The molecule has 4 heteroatoms. The Hall–Kier alpha value is -1.56. The quantitative estimate of drug-likeness (QED) is 0.779. The molecule has 0 saturated heterocycles. The van der Waals surface area contributed by atoms with Crippen LogP contribution in [0.5, 0.6) is 5.75 Å². The van der Waals surface area contributed by atoms with Crippen molar-refractivity contribution >= 4 is 34.2 Å². The Labute approximate surface area is 138 Å². The fraction of sp³-hybridized carbons (Fsp3) is 0.235. The lowest BCUT2D eigenvalue weighted by molar-refractivity contribution is 0.102. The summed E-state index contributed by atoms with van der Waals surface area (Å²) in [5.41, 5.74) is 4.52. The van der Waals surface area contributed by atoms with Crippen LogP contribution in [0.1, 0.15) is 27.0 Å². The van der Waals surface area contributed by atoms with Crippen LogP contribution in [0.3, 0.4) is 0 Å². The first-order valence-corrected chi connectivity index (χ1v) is 7.73. The number of amides is 1. The number of halogens is 1. The Morgan fingerprint density at radius 3 is 2.48 bits per heavy atom. The molecular formula is C17H18INO2. The summed E-state index contributed by atoms with van der Waals surface area (Å²) in [5, 5.41) is 2.97. The molecule has 0 atom stereocenters. The van der Waals surface area contributed by atoms with Gasteiger partial charge in [-0.1, -0.05) is 12.1 Å². The first kappa shape index (κ1) is 15.8. The molecule has 110 valence electrons. The molecule has 0 aliphatic carbocycles. The zero-order valence-corrected chi connectivity index (χ0v) is 14.7. The van der Waals surface area contributed by atoms with Crippen molar-refractivity contribution in [2.24, 2.45) is 0 Å². The molecule has 0 radical (unpaired) electrons. The van der Waals surface area contributed by atoms with E-state index in [9.17, 15) is 4.79 Å². The van der Waals surface area contributed by atoms with E-state index >= 15 is 0 Å². The van der Waals surface area contributed by atoms with Gasteiger partial charge in [0.2, 0.25) is 0 Å². The Bertz CT molecular complexity index is 695. The summed E-state index contributed by atoms with van der Waals surface area (Å²) in [6.45, 7) is 5.95. The van der Waals surface area contributed by atoms with Crippen LogP contribution in [-0.2, 0) is 0 Å². The topological polar surface area (TPSA) is 38.3 Å². The van der Waals surface area contributed by atoms with Crippen molar-refractivity contribution in [3.05, 3.63) is 56.2 Å². The zero-order chi connectivity index (χ0) is 15.6. The number of carbonyl (C=O) groups is 1. The highest BCUT2D eigenvalue weighted by atomic mass is 127. The summed E-state index contributed by atoms with van der Waals surface area (Å²) >= 11 is 2.29. The van der Waals surface area contributed by atoms with Crippen molar-refractivity contribution in [1.82, 2.24) is 0 Å². The fourth-order valence-corrected chi connectivity index (χ4v) is 2.83. The third kappa shape index (κ3) is 3.37. The fourth-order valence-electron chi connectivity index (χ4n) is 2.21. The Kier molecular flexibility index (Phi) is 4.88. The third-order valence-electron chi connectivity index (χ3n) is 3.41. The second-order valence-electron chi connectivity index (χ2n) is 5.03. The predicted molar refractivity (Wildman–Crippen MR) is 94.3 cm³/mol. The number of carbonyl (C=O) groups excluding carboxylic acids is 1. The summed E-state index contributed by atoms with van der Waals surface area (Å²) in [6.07, 6.45) is 0. The average molecular weight is 395 g/mol. The maximum atomic E-state index is 12.5. The number of hydrogen-bond donors (Lipinski definition) is 1. The molecule has 0 unspecified atom stereocenters. The molecular weight excluding hydrogens is 377 g/mol. The van der Waals surface area contributed by atoms with Crippen LogP contribution in [0.15, 0.2) is 30.3 Å². The van der Waals surface area contributed by atoms with E-state index in [0.717, 1.165) is 22.4 Å². The third-order valence-corrected chi connectivity index (χ3v) is 4.58. The maximum absolute atomic E-state index is 12.5. The van der Waals surface area contributed by atoms with E-state index in [1.54, 1.807) is 13.2 Å². The summed E-state index contributed by atoms with van der Waals surface area (Å²) in [6, 6.07) is 9.63. The van der Waals surface area contributed by atoms with Crippen LogP contribution in [0.2, 0.25) is 0 Å². The molecule has 0 spiro atoms. The van der Waals surface area contributed by atoms with E-state index < -0.39 is 0 Å². The SMILES string of the molecule is COc1c(C)cccc1C(=O)Nc1cc(C)c(I)cc1C. The molecule has 0 aliphatic rings. The predicted octanol–water partition coefficient (Wildman–Crippen LogP) is 4.48. The molecule has 0 heterocycles. The smallest absolute Gasteiger partial charge is 0.259 e. The lowest BCUT2D eigenvalue weighted by atomic mass is 10.1. The Morgan fingerprint density at radius 1 is 1.10 bits per heavy atom. The van der Waals surface area contributed by atoms with Crippen molar-refractivity contribution < 1.29 is 9.53 Å². The molecule has 0 aliphatic heterocycles. The lowest BCUT2D eigenvalue weighted by Gasteiger charge is -2.14. The van der Waals surface area contributed by atoms with Gasteiger partial charge in [0, 0.05) is 9.26 Å². The van der Waals surface area contributed by atoms with E-state index in [4.69, 9.17) is 4.74 Å². The number of benzene rings is 2. The number of nitrogens with one attached hydrogen (secondary N) is 1. The minimum atomic E-state index is -0.153. The highest BCUT2D eigenvalue weighted by Gasteiger charge is 2.15. The second kappa shape index (κ2) is 6.47. The van der Waals surface area contributed by atoms with Gasteiger partial charge in [0.15, 0.2) is 0 Å². The molecule has 3 nitrogen and oxygen atoms in total. The number of para-hydroxylation sites is 1. The van der Waals surface area contributed by atoms with Crippen molar-refractivity contribution in [1.29, 1.82) is 0 Å². The van der Waals surface area contributed by atoms with Gasteiger partial charge in [-0.15, -0.1) is 0 Å². The molecule has 2 aromatic rings. The van der Waals surface area contributed by atoms with Crippen molar-refractivity contribution in [3.8, 4) is 5.75 Å². The summed E-state index contributed by atoms with van der Waals surface area (Å²) < 4.78 is 6.54. The number of anilines is 1. The Morgan fingerprint density at radius 2 is 1.81 bits per heavy atom. The van der Waals surface area contributed by atoms with Gasteiger partial charge in [0.25, 0.3) is 5.91 Å². The molecule has 1 amide bonds. The number of methoxy groups -OCH3 is 1. The highest BCUT2D eigenvalue weighted by molar-refractivity contribution is 14.1. The van der Waals surface area contributed by atoms with Crippen LogP contribution in [-0.4, -0.2) is 13.0 Å². The second-order valence-corrected chi connectivity index (χ2v) is 6.19. The van der Waals surface area contributed by atoms with Gasteiger partial charge in [0.05, 0.1) is 12.7 Å². The number of hydrogen-bond acceptors (Lipinski definition) is 2. The van der Waals surface area contributed by atoms with Gasteiger partial charge in [0.1, 0.15) is 5.75 Å². The van der Waals surface area contributed by atoms with E-state index in [0.29, 0.717) is 11.3 Å². The lowest BCUT2D eigenvalue weighted by Crippen LogP contribution is -2.14. The molecule has 0 aromatic heterocycles. The summed E-state index contributed by atoms with van der Waals surface area (Å²) in [4.78, 5) is 12.5. The summed E-state index contributed by atoms with van der Waals surface area (Å²) in [5.74, 6) is 0.467. The van der Waals surface area contributed by atoms with Crippen LogP contribution >= 0.6 is 22.6 Å². The minimum Gasteiger partial charge on any atom is -0.496 e. The first-order chi connectivity index (χ1) is 9.93. The molecule has 0 saturated carbocycles. The van der Waals surface area contributed by atoms with E-state index in [1.165, 1.54) is 3.57 Å². The van der Waals surface area contributed by atoms with Gasteiger partial charge >= 0.3 is 0 Å². The number of ether oxygens (including phenoxy) is 1. The maximum Gasteiger partial charge on any atom is 0.259 e. The largest absolute Gasteiger partial charge is 0.496 e.